The number of pyridine rings is 1. The van der Waals surface area contributed by atoms with Gasteiger partial charge in [-0.25, -0.2) is 4.98 Å². The molecule has 1 aromatic carbocycles. The van der Waals surface area contributed by atoms with Gasteiger partial charge in [0.15, 0.2) is 0 Å². The van der Waals surface area contributed by atoms with Gasteiger partial charge in [-0.15, -0.1) is 0 Å². The fourth-order valence-electron chi connectivity index (χ4n) is 4.76. The molecular weight excluding hydrogens is 377 g/mol. The van der Waals surface area contributed by atoms with E-state index in [-0.39, 0.29) is 0 Å². The molecule has 154 valence electrons. The van der Waals surface area contributed by atoms with Gasteiger partial charge in [0.25, 0.3) is 0 Å². The average molecular weight is 403 g/mol. The van der Waals surface area contributed by atoms with Crippen molar-refractivity contribution in [1.29, 1.82) is 0 Å². The van der Waals surface area contributed by atoms with Crippen molar-refractivity contribution in [3.8, 4) is 11.5 Å². The Morgan fingerprint density at radius 2 is 2.13 bits per heavy atom. The molecule has 5 rings (SSSR count). The SMILES string of the molecule is COc1ccc(CN2CC[C@H](C)[C@H](C3=CB(O)Oc4cnc5[nH]ccc5c43)C2)cc1. The van der Waals surface area contributed by atoms with E-state index in [2.05, 4.69) is 33.9 Å². The van der Waals surface area contributed by atoms with Crippen LogP contribution in [0.15, 0.2) is 48.7 Å². The highest BCUT2D eigenvalue weighted by atomic mass is 16.5. The molecule has 0 unspecified atom stereocenters. The van der Waals surface area contributed by atoms with Crippen LogP contribution in [0.4, 0.5) is 0 Å². The molecule has 0 saturated carbocycles. The molecule has 2 aromatic heterocycles. The van der Waals surface area contributed by atoms with Crippen LogP contribution in [0.25, 0.3) is 16.6 Å². The van der Waals surface area contributed by atoms with E-state index in [9.17, 15) is 5.02 Å². The Morgan fingerprint density at radius 1 is 1.30 bits per heavy atom. The molecule has 2 aliphatic rings. The third kappa shape index (κ3) is 3.48. The van der Waals surface area contributed by atoms with Crippen molar-refractivity contribution >= 4 is 23.7 Å². The number of methoxy groups -OCH3 is 1. The van der Waals surface area contributed by atoms with Gasteiger partial charge in [0, 0.05) is 30.2 Å². The third-order valence-electron chi connectivity index (χ3n) is 6.42. The molecule has 2 N–H and O–H groups in total. The minimum Gasteiger partial charge on any atom is -0.531 e. The number of hydrogen-bond donors (Lipinski definition) is 2. The minimum atomic E-state index is -0.935. The first-order valence-electron chi connectivity index (χ1n) is 10.5. The standard InChI is InChI=1S/C23H26BN3O3/c1-15-8-10-27(13-16-3-5-17(29-2)6-4-16)14-20(15)19-11-24(28)30-21-12-26-23-18(22(19)21)7-9-25-23/h3-7,9,11-12,15,20,28H,8,10,13-14H2,1-2H3,(H,25,26)/t15-,20+/m0/s1. The number of likely N-dealkylation sites (tertiary alicyclic amines) is 1. The van der Waals surface area contributed by atoms with Crippen LogP contribution in [0, 0.1) is 11.8 Å². The van der Waals surface area contributed by atoms with Crippen LogP contribution >= 0.6 is 0 Å². The van der Waals surface area contributed by atoms with Crippen molar-refractivity contribution in [1.82, 2.24) is 14.9 Å². The lowest BCUT2D eigenvalue weighted by molar-refractivity contribution is 0.151. The van der Waals surface area contributed by atoms with E-state index in [0.717, 1.165) is 48.4 Å². The number of aromatic amines is 1. The maximum atomic E-state index is 10.4. The van der Waals surface area contributed by atoms with E-state index in [4.69, 9.17) is 9.39 Å². The second kappa shape index (κ2) is 7.82. The Kier molecular flexibility index (Phi) is 5.01. The largest absolute Gasteiger partial charge is 0.552 e. The zero-order valence-electron chi connectivity index (χ0n) is 17.3. The zero-order valence-corrected chi connectivity index (χ0v) is 17.3. The first-order valence-corrected chi connectivity index (χ1v) is 10.5. The van der Waals surface area contributed by atoms with E-state index in [1.54, 1.807) is 13.3 Å². The number of ether oxygens (including phenoxy) is 1. The molecule has 0 spiro atoms. The molecule has 0 bridgehead atoms. The number of nitrogens with one attached hydrogen (secondary N) is 1. The number of aromatic nitrogens is 2. The van der Waals surface area contributed by atoms with Crippen molar-refractivity contribution in [2.24, 2.45) is 11.8 Å². The second-order valence-electron chi connectivity index (χ2n) is 8.32. The molecule has 0 amide bonds. The molecule has 0 radical (unpaired) electrons. The quantitative estimate of drug-likeness (QED) is 0.653. The number of benzene rings is 1. The lowest BCUT2D eigenvalue weighted by atomic mass is 9.72. The van der Waals surface area contributed by atoms with E-state index in [1.165, 1.54) is 11.1 Å². The average Bonchev–Trinajstić information content (AvgIpc) is 3.24. The van der Waals surface area contributed by atoms with E-state index < -0.39 is 7.12 Å². The van der Waals surface area contributed by atoms with Crippen LogP contribution in [0.2, 0.25) is 0 Å². The number of rotatable bonds is 4. The van der Waals surface area contributed by atoms with Gasteiger partial charge in [0.2, 0.25) is 0 Å². The lowest BCUT2D eigenvalue weighted by Gasteiger charge is -2.40. The van der Waals surface area contributed by atoms with Crippen molar-refractivity contribution in [3.05, 3.63) is 59.8 Å². The van der Waals surface area contributed by atoms with E-state index >= 15 is 0 Å². The van der Waals surface area contributed by atoms with Gasteiger partial charge in [0.1, 0.15) is 17.1 Å². The van der Waals surface area contributed by atoms with Crippen LogP contribution in [0.3, 0.4) is 0 Å². The zero-order chi connectivity index (χ0) is 20.7. The molecule has 30 heavy (non-hydrogen) atoms. The number of H-pyrrole nitrogens is 1. The molecule has 0 aliphatic carbocycles. The normalized spacial score (nSPS) is 21.8. The maximum absolute atomic E-state index is 10.4. The van der Waals surface area contributed by atoms with E-state index in [1.807, 2.05) is 30.4 Å². The topological polar surface area (TPSA) is 70.6 Å². The number of hydrogen-bond acceptors (Lipinski definition) is 5. The second-order valence-corrected chi connectivity index (χ2v) is 8.32. The van der Waals surface area contributed by atoms with Crippen molar-refractivity contribution < 1.29 is 14.4 Å². The molecule has 7 heteroatoms. The van der Waals surface area contributed by atoms with Gasteiger partial charge in [-0.1, -0.05) is 19.1 Å². The highest BCUT2D eigenvalue weighted by Gasteiger charge is 2.35. The molecule has 2 atom stereocenters. The minimum absolute atomic E-state index is 0.315. The summed E-state index contributed by atoms with van der Waals surface area (Å²) in [5, 5.41) is 11.4. The van der Waals surface area contributed by atoms with Gasteiger partial charge in [0.05, 0.1) is 13.3 Å². The molecule has 1 saturated heterocycles. The summed E-state index contributed by atoms with van der Waals surface area (Å²) < 4.78 is 11.0. The van der Waals surface area contributed by atoms with Gasteiger partial charge in [-0.05, 0) is 60.1 Å². The molecular formula is C23H26BN3O3. The highest BCUT2D eigenvalue weighted by molar-refractivity contribution is 6.52. The predicted molar refractivity (Wildman–Crippen MR) is 118 cm³/mol. The van der Waals surface area contributed by atoms with Crippen LogP contribution in [0.5, 0.6) is 11.5 Å². The number of piperidine rings is 1. The number of fused-ring (bicyclic) bond motifs is 3. The van der Waals surface area contributed by atoms with Crippen LogP contribution in [0.1, 0.15) is 24.5 Å². The monoisotopic (exact) mass is 403 g/mol. The Labute approximate surface area is 176 Å². The third-order valence-corrected chi connectivity index (χ3v) is 6.42. The molecule has 4 heterocycles. The Bertz CT molecular complexity index is 1080. The molecule has 6 nitrogen and oxygen atoms in total. The molecule has 2 aliphatic heterocycles. The predicted octanol–water partition coefficient (Wildman–Crippen LogP) is 3.53. The van der Waals surface area contributed by atoms with Crippen molar-refractivity contribution in [2.75, 3.05) is 20.2 Å². The smallest absolute Gasteiger partial charge is 0.531 e. The van der Waals surface area contributed by atoms with Gasteiger partial charge < -0.3 is 19.4 Å². The summed E-state index contributed by atoms with van der Waals surface area (Å²) in [5.41, 5.74) is 4.36. The van der Waals surface area contributed by atoms with Crippen molar-refractivity contribution in [3.63, 3.8) is 0 Å². The Balaban J connectivity index is 1.44. The van der Waals surface area contributed by atoms with Crippen LogP contribution in [-0.2, 0) is 6.54 Å². The summed E-state index contributed by atoms with van der Waals surface area (Å²) in [6, 6.07) is 10.3. The van der Waals surface area contributed by atoms with E-state index in [0.29, 0.717) is 17.6 Å². The lowest BCUT2D eigenvalue weighted by Crippen LogP contribution is -2.40. The summed E-state index contributed by atoms with van der Waals surface area (Å²) in [5.74, 6) is 4.25. The summed E-state index contributed by atoms with van der Waals surface area (Å²) >= 11 is 0. The molecule has 1 fully saturated rings. The molecule has 3 aromatic rings. The Morgan fingerprint density at radius 3 is 2.93 bits per heavy atom. The van der Waals surface area contributed by atoms with Crippen LogP contribution in [-0.4, -0.2) is 47.2 Å². The first-order chi connectivity index (χ1) is 14.6. The fraction of sp³-hybridized carbons (Fsp3) is 0.348. The summed E-state index contributed by atoms with van der Waals surface area (Å²) in [7, 11) is 0.756. The summed E-state index contributed by atoms with van der Waals surface area (Å²) in [6.07, 6.45) is 4.74. The summed E-state index contributed by atoms with van der Waals surface area (Å²) in [4.78, 5) is 10.1. The Hall–Kier alpha value is -2.77. The van der Waals surface area contributed by atoms with Crippen LogP contribution < -0.4 is 9.39 Å². The van der Waals surface area contributed by atoms with Gasteiger partial charge in [-0.2, -0.15) is 0 Å². The van der Waals surface area contributed by atoms with Gasteiger partial charge >= 0.3 is 7.12 Å². The fourth-order valence-corrected chi connectivity index (χ4v) is 4.76. The highest BCUT2D eigenvalue weighted by Crippen LogP contribution is 2.43. The maximum Gasteiger partial charge on any atom is 0.552 e. The number of nitrogens with zero attached hydrogens (tertiary/aromatic N) is 2. The first kappa shape index (κ1) is 19.2. The summed E-state index contributed by atoms with van der Waals surface area (Å²) in [6.45, 7) is 5.23. The van der Waals surface area contributed by atoms with Gasteiger partial charge in [-0.3, -0.25) is 4.90 Å². The van der Waals surface area contributed by atoms with Crippen molar-refractivity contribution in [2.45, 2.75) is 19.9 Å².